The normalized spacial score (nSPS) is 24.4. The Morgan fingerprint density at radius 1 is 1.47 bits per heavy atom. The van der Waals surface area contributed by atoms with E-state index in [1.54, 1.807) is 0 Å². The second-order valence-electron chi connectivity index (χ2n) is 4.68. The van der Waals surface area contributed by atoms with E-state index in [0.29, 0.717) is 0 Å². The molecule has 1 fully saturated rings. The molecule has 0 aliphatic carbocycles. The summed E-state index contributed by atoms with van der Waals surface area (Å²) in [6, 6.07) is 7.66. The first-order chi connectivity index (χ1) is 8.10. The molecule has 1 heterocycles. The number of anilines is 1. The van der Waals surface area contributed by atoms with Crippen LogP contribution in [0.2, 0.25) is 0 Å². The van der Waals surface area contributed by atoms with Crippen molar-refractivity contribution in [3.63, 3.8) is 0 Å². The lowest BCUT2D eigenvalue weighted by Gasteiger charge is -2.33. The molecular weight excluding hydrogens is 280 g/mol. The minimum Gasteiger partial charge on any atom is -0.324 e. The molecule has 2 N–H and O–H groups in total. The molecule has 92 valence electrons. The summed E-state index contributed by atoms with van der Waals surface area (Å²) in [6.45, 7) is 2.89. The van der Waals surface area contributed by atoms with Crippen molar-refractivity contribution >= 4 is 27.5 Å². The molecule has 1 aliphatic heterocycles. The molecule has 3 nitrogen and oxygen atoms in total. The van der Waals surface area contributed by atoms with Gasteiger partial charge in [0.15, 0.2) is 0 Å². The van der Waals surface area contributed by atoms with Crippen LogP contribution in [0.1, 0.15) is 26.2 Å². The fourth-order valence-corrected chi connectivity index (χ4v) is 2.48. The Hall–Kier alpha value is -0.870. The zero-order valence-corrected chi connectivity index (χ0v) is 11.5. The molecule has 1 amide bonds. The van der Waals surface area contributed by atoms with Crippen molar-refractivity contribution in [3.8, 4) is 0 Å². The summed E-state index contributed by atoms with van der Waals surface area (Å²) in [4.78, 5) is 12.2. The number of piperidine rings is 1. The Morgan fingerprint density at radius 3 is 2.94 bits per heavy atom. The van der Waals surface area contributed by atoms with Crippen LogP contribution in [-0.4, -0.2) is 18.0 Å². The molecule has 0 aromatic heterocycles. The van der Waals surface area contributed by atoms with Crippen LogP contribution in [0.3, 0.4) is 0 Å². The predicted molar refractivity (Wildman–Crippen MR) is 73.0 cm³/mol. The molecule has 1 saturated heterocycles. The molecule has 0 radical (unpaired) electrons. The second kappa shape index (κ2) is 5.19. The van der Waals surface area contributed by atoms with E-state index in [9.17, 15) is 4.79 Å². The molecule has 17 heavy (non-hydrogen) atoms. The maximum Gasteiger partial charge on any atom is 0.244 e. The Morgan fingerprint density at radius 2 is 2.29 bits per heavy atom. The third-order valence-corrected chi connectivity index (χ3v) is 3.70. The van der Waals surface area contributed by atoms with Gasteiger partial charge in [0.25, 0.3) is 0 Å². The Labute approximate surface area is 110 Å². The number of carbonyl (C=O) groups is 1. The van der Waals surface area contributed by atoms with Gasteiger partial charge < -0.3 is 10.6 Å². The Balaban J connectivity index is 2.05. The van der Waals surface area contributed by atoms with Crippen molar-refractivity contribution in [2.75, 3.05) is 11.9 Å². The fraction of sp³-hybridized carbons (Fsp3) is 0.462. The number of hydrogen-bond donors (Lipinski definition) is 2. The van der Waals surface area contributed by atoms with Crippen molar-refractivity contribution in [1.82, 2.24) is 5.32 Å². The van der Waals surface area contributed by atoms with E-state index >= 15 is 0 Å². The number of benzene rings is 1. The minimum atomic E-state index is -0.430. The highest BCUT2D eigenvalue weighted by Gasteiger charge is 2.34. The quantitative estimate of drug-likeness (QED) is 0.881. The lowest BCUT2D eigenvalue weighted by molar-refractivity contribution is -0.122. The zero-order valence-electron chi connectivity index (χ0n) is 9.92. The van der Waals surface area contributed by atoms with E-state index in [1.165, 1.54) is 0 Å². The van der Waals surface area contributed by atoms with Gasteiger partial charge in [-0.3, -0.25) is 4.79 Å². The van der Waals surface area contributed by atoms with Gasteiger partial charge in [0, 0.05) is 10.2 Å². The summed E-state index contributed by atoms with van der Waals surface area (Å²) in [6.07, 6.45) is 3.15. The molecule has 2 rings (SSSR count). The third-order valence-electron chi connectivity index (χ3n) is 3.20. The number of carbonyl (C=O) groups excluding carboxylic acids is 1. The van der Waals surface area contributed by atoms with Gasteiger partial charge in [-0.15, -0.1) is 0 Å². The fourth-order valence-electron chi connectivity index (χ4n) is 2.09. The first kappa shape index (κ1) is 12.6. The molecule has 1 atom stereocenters. The predicted octanol–water partition coefficient (Wildman–Crippen LogP) is 2.92. The summed E-state index contributed by atoms with van der Waals surface area (Å²) < 4.78 is 0.969. The SMILES string of the molecule is CC1(C(=O)Nc2cccc(Br)c2)CCCCN1. The molecule has 0 spiro atoms. The number of rotatable bonds is 2. The van der Waals surface area contributed by atoms with Crippen LogP contribution >= 0.6 is 15.9 Å². The van der Waals surface area contributed by atoms with Crippen molar-refractivity contribution in [3.05, 3.63) is 28.7 Å². The number of amides is 1. The average molecular weight is 297 g/mol. The largest absolute Gasteiger partial charge is 0.324 e. The van der Waals surface area contributed by atoms with Crippen LogP contribution in [0, 0.1) is 0 Å². The minimum absolute atomic E-state index is 0.0512. The van der Waals surface area contributed by atoms with E-state index < -0.39 is 5.54 Å². The van der Waals surface area contributed by atoms with Crippen molar-refractivity contribution in [2.45, 2.75) is 31.7 Å². The van der Waals surface area contributed by atoms with Gasteiger partial charge in [0.2, 0.25) is 5.91 Å². The van der Waals surface area contributed by atoms with E-state index in [4.69, 9.17) is 0 Å². The van der Waals surface area contributed by atoms with Gasteiger partial charge in [-0.2, -0.15) is 0 Å². The van der Waals surface area contributed by atoms with Gasteiger partial charge in [0.1, 0.15) is 0 Å². The maximum absolute atomic E-state index is 12.2. The van der Waals surface area contributed by atoms with Gasteiger partial charge >= 0.3 is 0 Å². The molecule has 4 heteroatoms. The smallest absolute Gasteiger partial charge is 0.244 e. The second-order valence-corrected chi connectivity index (χ2v) is 5.60. The molecule has 1 aromatic rings. The number of nitrogens with one attached hydrogen (secondary N) is 2. The monoisotopic (exact) mass is 296 g/mol. The van der Waals surface area contributed by atoms with Crippen LogP contribution in [0.15, 0.2) is 28.7 Å². The highest BCUT2D eigenvalue weighted by Crippen LogP contribution is 2.22. The van der Waals surface area contributed by atoms with Crippen LogP contribution in [-0.2, 0) is 4.79 Å². The summed E-state index contributed by atoms with van der Waals surface area (Å²) >= 11 is 3.39. The van der Waals surface area contributed by atoms with Crippen LogP contribution in [0.5, 0.6) is 0 Å². The zero-order chi connectivity index (χ0) is 12.3. The van der Waals surface area contributed by atoms with E-state index in [2.05, 4.69) is 26.6 Å². The number of halogens is 1. The van der Waals surface area contributed by atoms with Crippen LogP contribution in [0.4, 0.5) is 5.69 Å². The molecule has 0 saturated carbocycles. The van der Waals surface area contributed by atoms with Crippen LogP contribution in [0.25, 0.3) is 0 Å². The summed E-state index contributed by atoms with van der Waals surface area (Å²) in [5.41, 5.74) is 0.401. The molecule has 1 aliphatic rings. The lowest BCUT2D eigenvalue weighted by atomic mass is 9.90. The first-order valence-corrected chi connectivity index (χ1v) is 6.71. The Kier molecular flexibility index (Phi) is 3.84. The maximum atomic E-state index is 12.2. The highest BCUT2D eigenvalue weighted by atomic mass is 79.9. The van der Waals surface area contributed by atoms with Gasteiger partial charge in [0.05, 0.1) is 5.54 Å². The van der Waals surface area contributed by atoms with Crippen molar-refractivity contribution < 1.29 is 4.79 Å². The van der Waals surface area contributed by atoms with Crippen LogP contribution < -0.4 is 10.6 Å². The summed E-state index contributed by atoms with van der Waals surface area (Å²) in [5, 5.41) is 6.27. The molecular formula is C13H17BrN2O. The summed E-state index contributed by atoms with van der Waals surface area (Å²) in [5.74, 6) is 0.0512. The van der Waals surface area contributed by atoms with E-state index in [1.807, 2.05) is 31.2 Å². The average Bonchev–Trinajstić information content (AvgIpc) is 2.30. The highest BCUT2D eigenvalue weighted by molar-refractivity contribution is 9.10. The van der Waals surface area contributed by atoms with E-state index in [-0.39, 0.29) is 5.91 Å². The standard InChI is InChI=1S/C13H17BrN2O/c1-13(7-2-3-8-15-13)12(17)16-11-6-4-5-10(14)9-11/h4-6,9,15H,2-3,7-8H2,1H3,(H,16,17). The first-order valence-electron chi connectivity index (χ1n) is 5.92. The van der Waals surface area contributed by atoms with Crippen molar-refractivity contribution in [1.29, 1.82) is 0 Å². The summed E-state index contributed by atoms with van der Waals surface area (Å²) in [7, 11) is 0. The third kappa shape index (κ3) is 3.07. The Bertz CT molecular complexity index is 414. The topological polar surface area (TPSA) is 41.1 Å². The number of hydrogen-bond acceptors (Lipinski definition) is 2. The van der Waals surface area contributed by atoms with Gasteiger partial charge in [-0.25, -0.2) is 0 Å². The van der Waals surface area contributed by atoms with Gasteiger partial charge in [-0.1, -0.05) is 22.0 Å². The lowest BCUT2D eigenvalue weighted by Crippen LogP contribution is -2.54. The van der Waals surface area contributed by atoms with Crippen molar-refractivity contribution in [2.24, 2.45) is 0 Å². The van der Waals surface area contributed by atoms with Gasteiger partial charge in [-0.05, 0) is 50.9 Å². The van der Waals surface area contributed by atoms with E-state index in [0.717, 1.165) is 36.0 Å². The molecule has 1 aromatic carbocycles. The molecule has 1 unspecified atom stereocenters. The molecule has 0 bridgehead atoms.